The van der Waals surface area contributed by atoms with E-state index in [1.165, 1.54) is 0 Å². The Morgan fingerprint density at radius 2 is 1.90 bits per heavy atom. The molecule has 0 fully saturated rings. The number of halogens is 1. The fourth-order valence-corrected chi connectivity index (χ4v) is 4.26. The van der Waals surface area contributed by atoms with Crippen LogP contribution in [0.5, 0.6) is 0 Å². The predicted molar refractivity (Wildman–Crippen MR) is 88.3 cm³/mol. The van der Waals surface area contributed by atoms with E-state index in [0.29, 0.717) is 23.3 Å². The van der Waals surface area contributed by atoms with Crippen molar-refractivity contribution in [1.29, 1.82) is 0 Å². The quantitative estimate of drug-likeness (QED) is 0.761. The predicted octanol–water partition coefficient (Wildman–Crippen LogP) is 2.92. The fourth-order valence-electron chi connectivity index (χ4n) is 2.22. The molecule has 0 aliphatic heterocycles. The molecule has 1 N–H and O–H groups in total. The first-order valence-corrected chi connectivity index (χ1v) is 9.24. The second-order valence-electron chi connectivity index (χ2n) is 4.73. The van der Waals surface area contributed by atoms with Gasteiger partial charge in [0, 0.05) is 23.9 Å². The minimum atomic E-state index is -3.58. The summed E-state index contributed by atoms with van der Waals surface area (Å²) in [5.41, 5.74) is 0. The van der Waals surface area contributed by atoms with E-state index in [1.54, 1.807) is 19.2 Å². The van der Waals surface area contributed by atoms with Crippen LogP contribution < -0.4 is 4.72 Å². The second kappa shape index (κ2) is 7.35. The lowest BCUT2D eigenvalue weighted by Crippen LogP contribution is -2.38. The molecule has 0 saturated carbocycles. The smallest absolute Gasteiger partial charge is 0.241 e. The summed E-state index contributed by atoms with van der Waals surface area (Å²) in [6.07, 6.45) is 0.665. The molecule has 114 valence electrons. The minimum absolute atomic E-state index is 0.252. The van der Waals surface area contributed by atoms with Crippen LogP contribution in [-0.2, 0) is 14.8 Å². The van der Waals surface area contributed by atoms with Crippen molar-refractivity contribution in [3.05, 3.63) is 42.5 Å². The third-order valence-electron chi connectivity index (χ3n) is 3.19. The summed E-state index contributed by atoms with van der Waals surface area (Å²) in [4.78, 5) is 0.302. The number of rotatable bonds is 7. The lowest BCUT2D eigenvalue weighted by atomic mass is 10.1. The van der Waals surface area contributed by atoms with Gasteiger partial charge in [-0.3, -0.25) is 0 Å². The van der Waals surface area contributed by atoms with Crippen molar-refractivity contribution < 1.29 is 13.2 Å². The van der Waals surface area contributed by atoms with E-state index in [0.717, 1.165) is 10.8 Å². The maximum atomic E-state index is 12.6. The molecule has 2 rings (SSSR count). The molecule has 1 unspecified atom stereocenters. The van der Waals surface area contributed by atoms with Crippen LogP contribution in [0.3, 0.4) is 0 Å². The number of sulfonamides is 1. The van der Waals surface area contributed by atoms with Gasteiger partial charge in [-0.15, -0.1) is 0 Å². The summed E-state index contributed by atoms with van der Waals surface area (Å²) >= 11 is 3.33. The molecule has 21 heavy (non-hydrogen) atoms. The Bertz CT molecular complexity index is 692. The van der Waals surface area contributed by atoms with Gasteiger partial charge in [0.25, 0.3) is 0 Å². The standard InChI is InChI=1S/C15H18BrNO3S/c1-20-11-13(9-10-16)17-21(18,19)15-8-4-6-12-5-2-3-7-14(12)15/h2-8,13,17H,9-11H2,1H3. The molecular weight excluding hydrogens is 354 g/mol. The molecule has 0 radical (unpaired) electrons. The Balaban J connectivity index is 2.37. The number of methoxy groups -OCH3 is 1. The molecule has 0 spiro atoms. The van der Waals surface area contributed by atoms with Gasteiger partial charge in [0.2, 0.25) is 10.0 Å². The number of fused-ring (bicyclic) bond motifs is 1. The van der Waals surface area contributed by atoms with E-state index in [4.69, 9.17) is 4.74 Å². The average Bonchev–Trinajstić information content (AvgIpc) is 2.47. The van der Waals surface area contributed by atoms with E-state index in [1.807, 2.05) is 30.3 Å². The Morgan fingerprint density at radius 1 is 1.19 bits per heavy atom. The minimum Gasteiger partial charge on any atom is -0.383 e. The van der Waals surface area contributed by atoms with E-state index in [-0.39, 0.29) is 6.04 Å². The summed E-state index contributed by atoms with van der Waals surface area (Å²) in [5, 5.41) is 2.34. The van der Waals surface area contributed by atoms with Crippen molar-refractivity contribution >= 4 is 36.7 Å². The van der Waals surface area contributed by atoms with Crippen molar-refractivity contribution in [3.63, 3.8) is 0 Å². The zero-order chi connectivity index (χ0) is 15.3. The van der Waals surface area contributed by atoms with Crippen LogP contribution in [0.1, 0.15) is 6.42 Å². The molecule has 1 atom stereocenters. The van der Waals surface area contributed by atoms with Crippen molar-refractivity contribution in [3.8, 4) is 0 Å². The van der Waals surface area contributed by atoms with Gasteiger partial charge >= 0.3 is 0 Å². The van der Waals surface area contributed by atoms with Crippen molar-refractivity contribution in [1.82, 2.24) is 4.72 Å². The topological polar surface area (TPSA) is 55.4 Å². The van der Waals surface area contributed by atoms with Crippen LogP contribution in [0, 0.1) is 0 Å². The summed E-state index contributed by atoms with van der Waals surface area (Å²) in [7, 11) is -2.02. The Labute approximate surface area is 133 Å². The van der Waals surface area contributed by atoms with Gasteiger partial charge in [-0.25, -0.2) is 13.1 Å². The Hall–Kier alpha value is -0.950. The lowest BCUT2D eigenvalue weighted by Gasteiger charge is -2.17. The highest BCUT2D eigenvalue weighted by molar-refractivity contribution is 9.09. The highest BCUT2D eigenvalue weighted by Crippen LogP contribution is 2.23. The van der Waals surface area contributed by atoms with Gasteiger partial charge < -0.3 is 4.74 Å². The third-order valence-corrected chi connectivity index (χ3v) is 5.22. The number of benzene rings is 2. The number of ether oxygens (including phenoxy) is 1. The molecule has 0 aliphatic rings. The van der Waals surface area contributed by atoms with Crippen molar-refractivity contribution in [2.24, 2.45) is 0 Å². The molecule has 0 saturated heterocycles. The number of hydrogen-bond acceptors (Lipinski definition) is 3. The monoisotopic (exact) mass is 371 g/mol. The molecular formula is C15H18BrNO3S. The lowest BCUT2D eigenvalue weighted by molar-refractivity contribution is 0.173. The maximum Gasteiger partial charge on any atom is 0.241 e. The van der Waals surface area contributed by atoms with Crippen LogP contribution in [0.25, 0.3) is 10.8 Å². The molecule has 6 heteroatoms. The van der Waals surface area contributed by atoms with E-state index < -0.39 is 10.0 Å². The van der Waals surface area contributed by atoms with Gasteiger partial charge in [-0.1, -0.05) is 52.3 Å². The van der Waals surface area contributed by atoms with Crippen molar-refractivity contribution in [2.75, 3.05) is 19.0 Å². The summed E-state index contributed by atoms with van der Waals surface area (Å²) in [6.45, 7) is 0.343. The summed E-state index contributed by atoms with van der Waals surface area (Å²) in [6, 6.07) is 12.5. The first-order chi connectivity index (χ1) is 10.1. The van der Waals surface area contributed by atoms with E-state index >= 15 is 0 Å². The molecule has 2 aromatic carbocycles. The molecule has 0 aliphatic carbocycles. The SMILES string of the molecule is COCC(CCBr)NS(=O)(=O)c1cccc2ccccc12. The Morgan fingerprint density at radius 3 is 2.62 bits per heavy atom. The number of nitrogens with one attached hydrogen (secondary N) is 1. The highest BCUT2D eigenvalue weighted by atomic mass is 79.9. The summed E-state index contributed by atoms with van der Waals surface area (Å²) < 4.78 is 33.0. The first-order valence-electron chi connectivity index (χ1n) is 6.63. The largest absolute Gasteiger partial charge is 0.383 e. The number of hydrogen-bond donors (Lipinski definition) is 1. The van der Waals surface area contributed by atoms with Gasteiger partial charge in [0.1, 0.15) is 0 Å². The average molecular weight is 372 g/mol. The van der Waals surface area contributed by atoms with Gasteiger partial charge in [-0.05, 0) is 17.9 Å². The number of alkyl halides is 1. The van der Waals surface area contributed by atoms with Crippen LogP contribution in [0.2, 0.25) is 0 Å². The first kappa shape index (κ1) is 16.4. The Kier molecular flexibility index (Phi) is 5.75. The molecule has 0 bridgehead atoms. The van der Waals surface area contributed by atoms with Crippen LogP contribution in [-0.4, -0.2) is 33.5 Å². The fraction of sp³-hybridized carbons (Fsp3) is 0.333. The van der Waals surface area contributed by atoms with Crippen LogP contribution in [0.4, 0.5) is 0 Å². The molecule has 2 aromatic rings. The van der Waals surface area contributed by atoms with Crippen LogP contribution in [0.15, 0.2) is 47.4 Å². The maximum absolute atomic E-state index is 12.6. The van der Waals surface area contributed by atoms with E-state index in [2.05, 4.69) is 20.7 Å². The second-order valence-corrected chi connectivity index (χ2v) is 7.20. The summed E-state index contributed by atoms with van der Waals surface area (Å²) in [5.74, 6) is 0. The zero-order valence-electron chi connectivity index (χ0n) is 11.8. The highest BCUT2D eigenvalue weighted by Gasteiger charge is 2.21. The molecule has 4 nitrogen and oxygen atoms in total. The zero-order valence-corrected chi connectivity index (χ0v) is 14.2. The normalized spacial score (nSPS) is 13.4. The molecule has 0 amide bonds. The van der Waals surface area contributed by atoms with Crippen molar-refractivity contribution in [2.45, 2.75) is 17.4 Å². The van der Waals surface area contributed by atoms with E-state index in [9.17, 15) is 8.42 Å². The van der Waals surface area contributed by atoms with Gasteiger partial charge in [0.05, 0.1) is 11.5 Å². The van der Waals surface area contributed by atoms with Crippen LogP contribution >= 0.6 is 15.9 Å². The molecule has 0 heterocycles. The molecule has 0 aromatic heterocycles. The van der Waals surface area contributed by atoms with Gasteiger partial charge in [-0.2, -0.15) is 0 Å². The van der Waals surface area contributed by atoms with Gasteiger partial charge in [0.15, 0.2) is 0 Å². The third kappa shape index (κ3) is 4.03.